The number of benzene rings is 4. The van der Waals surface area contributed by atoms with Crippen molar-refractivity contribution in [3.05, 3.63) is 102 Å². The van der Waals surface area contributed by atoms with Gasteiger partial charge in [0, 0.05) is 16.9 Å². The molecule has 4 aromatic carbocycles. The number of fused-ring (bicyclic) bond motifs is 7. The lowest BCUT2D eigenvalue weighted by molar-refractivity contribution is -0.142. The molecule has 4 aromatic rings. The van der Waals surface area contributed by atoms with E-state index in [0.717, 1.165) is 33.0 Å². The van der Waals surface area contributed by atoms with Crippen LogP contribution in [0.15, 0.2) is 84.9 Å². The molecule has 40 heavy (non-hydrogen) atoms. The molecule has 1 aliphatic carbocycles. The molecule has 196 valence electrons. The molecular formula is C33H23NO6. The van der Waals surface area contributed by atoms with Gasteiger partial charge in [-0.3, -0.25) is 14.4 Å². The summed E-state index contributed by atoms with van der Waals surface area (Å²) in [6, 6.07) is 24.6. The maximum atomic E-state index is 14.4. The Labute approximate surface area is 229 Å². The van der Waals surface area contributed by atoms with Gasteiger partial charge in [0.05, 0.1) is 23.4 Å². The van der Waals surface area contributed by atoms with Gasteiger partial charge >= 0.3 is 5.97 Å². The summed E-state index contributed by atoms with van der Waals surface area (Å²) in [7, 11) is 0. The molecule has 1 saturated heterocycles. The van der Waals surface area contributed by atoms with Crippen molar-refractivity contribution in [3.63, 3.8) is 0 Å². The van der Waals surface area contributed by atoms with Crippen LogP contribution >= 0.6 is 0 Å². The fourth-order valence-electron chi connectivity index (χ4n) is 6.76. The molecular weight excluding hydrogens is 506 g/mol. The van der Waals surface area contributed by atoms with E-state index < -0.39 is 29.6 Å². The Morgan fingerprint density at radius 1 is 0.775 bits per heavy atom. The highest BCUT2D eigenvalue weighted by molar-refractivity contribution is 6.27. The zero-order chi connectivity index (χ0) is 27.1. The maximum absolute atomic E-state index is 14.4. The van der Waals surface area contributed by atoms with Gasteiger partial charge in [-0.25, -0.2) is 4.90 Å². The second-order valence-corrected chi connectivity index (χ2v) is 10.7. The number of nitrogens with zero attached hydrogens (tertiary/aromatic N) is 1. The number of allylic oxidation sites excluding steroid dienone is 1. The van der Waals surface area contributed by atoms with Gasteiger partial charge in [-0.2, -0.15) is 0 Å². The summed E-state index contributed by atoms with van der Waals surface area (Å²) in [6.45, 7) is 2.06. The van der Waals surface area contributed by atoms with Crippen molar-refractivity contribution < 1.29 is 28.6 Å². The average Bonchev–Trinajstić information content (AvgIpc) is 3.54. The molecule has 4 atom stereocenters. The van der Waals surface area contributed by atoms with Gasteiger partial charge in [-0.1, -0.05) is 60.7 Å². The minimum absolute atomic E-state index is 0.128. The lowest BCUT2D eigenvalue weighted by atomic mass is 9.64. The number of carbonyl (C=O) groups is 3. The Balaban J connectivity index is 1.34. The highest BCUT2D eigenvalue weighted by Crippen LogP contribution is 2.55. The number of esters is 1. The Bertz CT molecular complexity index is 1820. The topological polar surface area (TPSA) is 82.1 Å². The van der Waals surface area contributed by atoms with Crippen molar-refractivity contribution in [3.8, 4) is 17.2 Å². The third-order valence-corrected chi connectivity index (χ3v) is 8.54. The second-order valence-electron chi connectivity index (χ2n) is 10.7. The van der Waals surface area contributed by atoms with Crippen molar-refractivity contribution in [1.82, 2.24) is 0 Å². The monoisotopic (exact) mass is 529 g/mol. The van der Waals surface area contributed by atoms with Crippen molar-refractivity contribution in [2.45, 2.75) is 12.8 Å². The molecule has 0 radical (unpaired) electrons. The van der Waals surface area contributed by atoms with E-state index in [4.69, 9.17) is 14.2 Å². The summed E-state index contributed by atoms with van der Waals surface area (Å²) in [6.07, 6.45) is 1.98. The van der Waals surface area contributed by atoms with Crippen molar-refractivity contribution in [2.24, 2.45) is 17.8 Å². The summed E-state index contributed by atoms with van der Waals surface area (Å²) in [5, 5.41) is 1.72. The van der Waals surface area contributed by atoms with Crippen LogP contribution in [0.2, 0.25) is 0 Å². The van der Waals surface area contributed by atoms with Gasteiger partial charge in [0.1, 0.15) is 5.75 Å². The van der Waals surface area contributed by atoms with Crippen LogP contribution in [0.5, 0.6) is 17.2 Å². The molecule has 0 spiro atoms. The predicted molar refractivity (Wildman–Crippen MR) is 147 cm³/mol. The Kier molecular flexibility index (Phi) is 4.77. The smallest absolute Gasteiger partial charge is 0.319 e. The standard InChI is InChI=1S/C33H23NO6/c1-17-9-11-21-23-15-22(19-10-12-25-27(14-19)39-16-38-25)28-30(29(23)33(37)40-26(21)13-17)32(36)34(31(28)35)24-8-4-6-18-5-2-3-7-20(18)24/h2-15,22,28-30H,16H2,1H3/t22-,28+,29-,30+/m1/s1. The van der Waals surface area contributed by atoms with Crippen LogP contribution in [0.4, 0.5) is 5.69 Å². The number of rotatable bonds is 2. The van der Waals surface area contributed by atoms with Gasteiger partial charge in [0.25, 0.3) is 0 Å². The summed E-state index contributed by atoms with van der Waals surface area (Å²) in [4.78, 5) is 43.6. The molecule has 8 rings (SSSR count). The van der Waals surface area contributed by atoms with Gasteiger partial charge in [-0.15, -0.1) is 0 Å². The molecule has 0 unspecified atom stereocenters. The minimum Gasteiger partial charge on any atom is -0.454 e. The first-order chi connectivity index (χ1) is 19.5. The number of imide groups is 1. The molecule has 3 aliphatic heterocycles. The average molecular weight is 530 g/mol. The van der Waals surface area contributed by atoms with E-state index in [1.165, 1.54) is 4.90 Å². The van der Waals surface area contributed by atoms with Gasteiger partial charge in [-0.05, 0) is 53.3 Å². The van der Waals surface area contributed by atoms with Crippen LogP contribution in [0.25, 0.3) is 16.3 Å². The Morgan fingerprint density at radius 2 is 1.57 bits per heavy atom. The zero-order valence-electron chi connectivity index (χ0n) is 21.5. The van der Waals surface area contributed by atoms with Gasteiger partial charge < -0.3 is 14.2 Å². The molecule has 0 N–H and O–H groups in total. The normalized spacial score (nSPS) is 24.4. The van der Waals surface area contributed by atoms with E-state index in [-0.39, 0.29) is 18.6 Å². The number of ether oxygens (including phenoxy) is 3. The minimum atomic E-state index is -0.913. The first-order valence-electron chi connectivity index (χ1n) is 13.3. The molecule has 0 bridgehead atoms. The van der Waals surface area contributed by atoms with Crippen molar-refractivity contribution >= 4 is 39.8 Å². The lowest BCUT2D eigenvalue weighted by Crippen LogP contribution is -2.42. The molecule has 4 aliphatic rings. The van der Waals surface area contributed by atoms with E-state index in [1.807, 2.05) is 85.8 Å². The fraction of sp³-hybridized carbons (Fsp3) is 0.182. The second kappa shape index (κ2) is 8.29. The van der Waals surface area contributed by atoms with Crippen LogP contribution in [0, 0.1) is 24.7 Å². The molecule has 2 amide bonds. The molecule has 0 saturated carbocycles. The van der Waals surface area contributed by atoms with E-state index >= 15 is 0 Å². The van der Waals surface area contributed by atoms with E-state index in [2.05, 4.69) is 0 Å². The number of aryl methyl sites for hydroxylation is 1. The van der Waals surface area contributed by atoms with Crippen LogP contribution in [-0.2, 0) is 14.4 Å². The third-order valence-electron chi connectivity index (χ3n) is 8.54. The highest BCUT2D eigenvalue weighted by Gasteiger charge is 2.60. The van der Waals surface area contributed by atoms with E-state index in [0.29, 0.717) is 22.9 Å². The summed E-state index contributed by atoms with van der Waals surface area (Å²) in [5.74, 6) is -2.59. The third kappa shape index (κ3) is 3.14. The molecule has 1 fully saturated rings. The van der Waals surface area contributed by atoms with Crippen LogP contribution in [0.1, 0.15) is 22.6 Å². The van der Waals surface area contributed by atoms with E-state index in [9.17, 15) is 14.4 Å². The summed E-state index contributed by atoms with van der Waals surface area (Å²) < 4.78 is 16.9. The Morgan fingerprint density at radius 3 is 2.48 bits per heavy atom. The van der Waals surface area contributed by atoms with Crippen LogP contribution in [-0.4, -0.2) is 24.6 Å². The fourth-order valence-corrected chi connectivity index (χ4v) is 6.76. The molecule has 0 aromatic heterocycles. The zero-order valence-corrected chi connectivity index (χ0v) is 21.5. The van der Waals surface area contributed by atoms with Gasteiger partial charge in [0.15, 0.2) is 11.5 Å². The number of carbonyl (C=O) groups excluding carboxylic acids is 3. The van der Waals surface area contributed by atoms with Crippen LogP contribution < -0.4 is 19.1 Å². The Hall–Kier alpha value is -4.91. The quantitative estimate of drug-likeness (QED) is 0.197. The largest absolute Gasteiger partial charge is 0.454 e. The number of hydrogen-bond acceptors (Lipinski definition) is 6. The van der Waals surface area contributed by atoms with Crippen molar-refractivity contribution in [2.75, 3.05) is 11.7 Å². The SMILES string of the molecule is Cc1ccc2c(c1)OC(=O)[C@@H]1C2=C[C@H](c2ccc3c(c2)OCO3)[C@@H]2C(=O)N(c3cccc4ccccc34)C(=O)[C@H]12. The maximum Gasteiger partial charge on any atom is 0.319 e. The predicted octanol–water partition coefficient (Wildman–Crippen LogP) is 5.40. The molecule has 7 heteroatoms. The number of amides is 2. The highest BCUT2D eigenvalue weighted by atomic mass is 16.7. The summed E-state index contributed by atoms with van der Waals surface area (Å²) >= 11 is 0. The molecule has 7 nitrogen and oxygen atoms in total. The van der Waals surface area contributed by atoms with E-state index in [1.54, 1.807) is 6.07 Å². The lowest BCUT2D eigenvalue weighted by Gasteiger charge is -2.38. The first-order valence-corrected chi connectivity index (χ1v) is 13.3. The molecule has 3 heterocycles. The number of anilines is 1. The van der Waals surface area contributed by atoms with Crippen molar-refractivity contribution in [1.29, 1.82) is 0 Å². The summed E-state index contributed by atoms with van der Waals surface area (Å²) in [5.41, 5.74) is 3.78. The first kappa shape index (κ1) is 23.0. The number of hydrogen-bond donors (Lipinski definition) is 0. The van der Waals surface area contributed by atoms with Crippen LogP contribution in [0.3, 0.4) is 0 Å². The van der Waals surface area contributed by atoms with Gasteiger partial charge in [0.2, 0.25) is 18.6 Å².